The molecule has 3 saturated carbocycles. The third kappa shape index (κ3) is 4.91. The van der Waals surface area contributed by atoms with Crippen LogP contribution < -0.4 is 5.32 Å². The van der Waals surface area contributed by atoms with Crippen LogP contribution in [0, 0.1) is 34.5 Å². The number of fused-ring (bicyclic) bond motifs is 5. The van der Waals surface area contributed by atoms with E-state index in [1.54, 1.807) is 0 Å². The predicted molar refractivity (Wildman–Crippen MR) is 171 cm³/mol. The third-order valence-corrected chi connectivity index (χ3v) is 12.5. The SMILES string of the molecule is C[C@]12CC[C@H]3[C@@H](CC[C@H]4N(Cc5ccccc5)C(=O)CC[C@]34C)[C@@H]1CC[C@@H]2C(=O)NC(c1ccccc1)c1ccccc1. The van der Waals surface area contributed by atoms with E-state index in [-0.39, 0.29) is 28.7 Å². The molecule has 224 valence electrons. The van der Waals surface area contributed by atoms with Gasteiger partial charge in [-0.3, -0.25) is 9.59 Å². The number of carbonyl (C=O) groups is 2. The lowest BCUT2D eigenvalue weighted by molar-refractivity contribution is -0.164. The van der Waals surface area contributed by atoms with Gasteiger partial charge in [0.1, 0.15) is 0 Å². The molecule has 4 nitrogen and oxygen atoms in total. The maximum atomic E-state index is 14.2. The van der Waals surface area contributed by atoms with Crippen molar-refractivity contribution in [1.82, 2.24) is 10.2 Å². The summed E-state index contributed by atoms with van der Waals surface area (Å²) in [6.45, 7) is 5.67. The van der Waals surface area contributed by atoms with Crippen LogP contribution in [-0.2, 0) is 16.1 Å². The van der Waals surface area contributed by atoms with E-state index in [9.17, 15) is 9.59 Å². The molecule has 3 aliphatic carbocycles. The topological polar surface area (TPSA) is 49.4 Å². The van der Waals surface area contributed by atoms with Crippen LogP contribution in [0.5, 0.6) is 0 Å². The van der Waals surface area contributed by atoms with Crippen molar-refractivity contribution in [2.24, 2.45) is 34.5 Å². The van der Waals surface area contributed by atoms with Crippen LogP contribution in [0.15, 0.2) is 91.0 Å². The Labute approximate surface area is 257 Å². The maximum Gasteiger partial charge on any atom is 0.224 e. The number of hydrogen-bond acceptors (Lipinski definition) is 2. The normalized spacial score (nSPS) is 33.4. The first-order valence-electron chi connectivity index (χ1n) is 16.6. The highest BCUT2D eigenvalue weighted by Gasteiger charge is 2.62. The summed E-state index contributed by atoms with van der Waals surface area (Å²) in [7, 11) is 0. The summed E-state index contributed by atoms with van der Waals surface area (Å²) in [4.78, 5) is 29.7. The van der Waals surface area contributed by atoms with Crippen molar-refractivity contribution in [3.63, 3.8) is 0 Å². The Bertz CT molecular complexity index is 1400. The summed E-state index contributed by atoms with van der Waals surface area (Å²) in [5.74, 6) is 2.43. The van der Waals surface area contributed by atoms with Gasteiger partial charge in [0.2, 0.25) is 11.8 Å². The lowest BCUT2D eigenvalue weighted by atomic mass is 9.46. The van der Waals surface area contributed by atoms with Gasteiger partial charge in [-0.1, -0.05) is 105 Å². The number of likely N-dealkylation sites (tertiary alicyclic amines) is 1. The van der Waals surface area contributed by atoms with E-state index in [2.05, 4.69) is 103 Å². The summed E-state index contributed by atoms with van der Waals surface area (Å²) in [6, 6.07) is 31.5. The minimum Gasteiger partial charge on any atom is -0.345 e. The van der Waals surface area contributed by atoms with Crippen LogP contribution in [0.4, 0.5) is 0 Å². The quantitative estimate of drug-likeness (QED) is 0.325. The highest BCUT2D eigenvalue weighted by Crippen LogP contribution is 2.66. The van der Waals surface area contributed by atoms with E-state index < -0.39 is 0 Å². The van der Waals surface area contributed by atoms with Crippen LogP contribution in [0.2, 0.25) is 0 Å². The lowest BCUT2D eigenvalue weighted by Gasteiger charge is -2.62. The molecular formula is C39H46N2O2. The maximum absolute atomic E-state index is 14.2. The van der Waals surface area contributed by atoms with Crippen molar-refractivity contribution >= 4 is 11.8 Å². The third-order valence-electron chi connectivity index (χ3n) is 12.5. The van der Waals surface area contributed by atoms with Crippen molar-refractivity contribution in [3.05, 3.63) is 108 Å². The molecule has 1 heterocycles. The molecule has 2 amide bonds. The fourth-order valence-corrected chi connectivity index (χ4v) is 10.3. The Kier molecular flexibility index (Phi) is 7.43. The first-order chi connectivity index (χ1) is 20.9. The Hall–Kier alpha value is -3.40. The zero-order valence-electron chi connectivity index (χ0n) is 25.8. The number of piperidine rings is 1. The highest BCUT2D eigenvalue weighted by molar-refractivity contribution is 5.81. The van der Waals surface area contributed by atoms with Crippen molar-refractivity contribution in [1.29, 1.82) is 0 Å². The van der Waals surface area contributed by atoms with Crippen molar-refractivity contribution in [2.45, 2.75) is 83.8 Å². The zero-order valence-corrected chi connectivity index (χ0v) is 25.8. The predicted octanol–water partition coefficient (Wildman–Crippen LogP) is 7.94. The smallest absolute Gasteiger partial charge is 0.224 e. The van der Waals surface area contributed by atoms with Crippen LogP contribution in [0.1, 0.15) is 87.9 Å². The Morgan fingerprint density at radius 3 is 2.02 bits per heavy atom. The molecule has 0 radical (unpaired) electrons. The van der Waals surface area contributed by atoms with Gasteiger partial charge in [0.05, 0.1) is 6.04 Å². The first kappa shape index (κ1) is 28.4. The number of nitrogens with zero attached hydrogens (tertiary/aromatic N) is 1. The minimum atomic E-state index is -0.140. The molecule has 0 bridgehead atoms. The fraction of sp³-hybridized carbons (Fsp3) is 0.487. The monoisotopic (exact) mass is 574 g/mol. The van der Waals surface area contributed by atoms with Crippen LogP contribution in [-0.4, -0.2) is 22.8 Å². The number of amides is 2. The van der Waals surface area contributed by atoms with Crippen molar-refractivity contribution in [2.75, 3.05) is 0 Å². The molecule has 1 N–H and O–H groups in total. The van der Waals surface area contributed by atoms with Gasteiger partial charge in [-0.25, -0.2) is 0 Å². The number of nitrogens with one attached hydrogen (secondary N) is 1. The standard InChI is InChI=1S/C39H46N2O2/c1-38-24-22-32-30(18-21-34-39(32,2)25-23-35(42)41(34)26-27-12-6-3-7-13-27)31(38)19-20-33(38)37(43)40-36(28-14-8-4-9-15-28)29-16-10-5-11-17-29/h3-17,30-34,36H,18-26H2,1-2H3,(H,40,43)/t30-,31-,32-,33+,34+,38-,39+/m0/s1. The second kappa shape index (κ2) is 11.3. The van der Waals surface area contributed by atoms with E-state index in [1.165, 1.54) is 18.4 Å². The summed E-state index contributed by atoms with van der Waals surface area (Å²) in [6.07, 6.45) is 8.33. The van der Waals surface area contributed by atoms with E-state index in [0.29, 0.717) is 36.1 Å². The highest BCUT2D eigenvalue weighted by atomic mass is 16.2. The van der Waals surface area contributed by atoms with Gasteiger partial charge in [-0.15, -0.1) is 0 Å². The zero-order chi connectivity index (χ0) is 29.6. The first-order valence-corrected chi connectivity index (χ1v) is 16.6. The molecule has 4 aliphatic rings. The molecule has 0 spiro atoms. The Balaban J connectivity index is 1.10. The fourth-order valence-electron chi connectivity index (χ4n) is 10.3. The molecule has 3 aromatic carbocycles. The molecule has 4 fully saturated rings. The molecule has 7 atom stereocenters. The average Bonchev–Trinajstić information content (AvgIpc) is 3.40. The summed E-state index contributed by atoms with van der Waals surface area (Å²) >= 11 is 0. The van der Waals surface area contributed by atoms with Gasteiger partial charge >= 0.3 is 0 Å². The van der Waals surface area contributed by atoms with Crippen molar-refractivity contribution in [3.8, 4) is 0 Å². The molecule has 3 aromatic rings. The molecule has 4 heteroatoms. The summed E-state index contributed by atoms with van der Waals surface area (Å²) in [5.41, 5.74) is 3.67. The Morgan fingerprint density at radius 2 is 1.37 bits per heavy atom. The van der Waals surface area contributed by atoms with E-state index >= 15 is 0 Å². The molecular weight excluding hydrogens is 528 g/mol. The second-order valence-corrected chi connectivity index (χ2v) is 14.4. The number of rotatable bonds is 6. The van der Waals surface area contributed by atoms with E-state index in [1.807, 2.05) is 12.1 Å². The number of benzene rings is 3. The van der Waals surface area contributed by atoms with E-state index in [0.717, 1.165) is 49.8 Å². The van der Waals surface area contributed by atoms with Gasteiger partial charge in [-0.2, -0.15) is 0 Å². The summed E-state index contributed by atoms with van der Waals surface area (Å²) in [5, 5.41) is 3.53. The number of hydrogen-bond donors (Lipinski definition) is 1. The summed E-state index contributed by atoms with van der Waals surface area (Å²) < 4.78 is 0. The van der Waals surface area contributed by atoms with Gasteiger partial charge in [0, 0.05) is 24.9 Å². The van der Waals surface area contributed by atoms with Crippen LogP contribution >= 0.6 is 0 Å². The van der Waals surface area contributed by atoms with Crippen molar-refractivity contribution < 1.29 is 9.59 Å². The molecule has 0 unspecified atom stereocenters. The van der Waals surface area contributed by atoms with Gasteiger partial charge in [0.15, 0.2) is 0 Å². The van der Waals surface area contributed by atoms with E-state index in [4.69, 9.17) is 0 Å². The largest absolute Gasteiger partial charge is 0.345 e. The average molecular weight is 575 g/mol. The Morgan fingerprint density at radius 1 is 0.767 bits per heavy atom. The lowest BCUT2D eigenvalue weighted by Crippen LogP contribution is -2.62. The molecule has 1 aliphatic heterocycles. The molecule has 43 heavy (non-hydrogen) atoms. The second-order valence-electron chi connectivity index (χ2n) is 14.4. The van der Waals surface area contributed by atoms with Gasteiger partial charge in [-0.05, 0) is 90.2 Å². The minimum absolute atomic E-state index is 0.0284. The van der Waals surface area contributed by atoms with Gasteiger partial charge in [0.25, 0.3) is 0 Å². The van der Waals surface area contributed by atoms with Crippen LogP contribution in [0.25, 0.3) is 0 Å². The van der Waals surface area contributed by atoms with Crippen LogP contribution in [0.3, 0.4) is 0 Å². The molecule has 1 saturated heterocycles. The molecule has 0 aromatic heterocycles. The number of carbonyl (C=O) groups excluding carboxylic acids is 2. The molecule has 7 rings (SSSR count). The van der Waals surface area contributed by atoms with Gasteiger partial charge < -0.3 is 10.2 Å².